The van der Waals surface area contributed by atoms with Crippen LogP contribution in [0.2, 0.25) is 0 Å². The molecule has 0 aromatic heterocycles. The Morgan fingerprint density at radius 3 is 1.59 bits per heavy atom. The van der Waals surface area contributed by atoms with Gasteiger partial charge in [0.2, 0.25) is 5.91 Å². The molecule has 0 radical (unpaired) electrons. The first-order valence-corrected chi connectivity index (χ1v) is 19.1. The van der Waals surface area contributed by atoms with Gasteiger partial charge in [0, 0.05) is 11.7 Å². The van der Waals surface area contributed by atoms with E-state index in [0.29, 0.717) is 5.75 Å². The molecule has 0 heterocycles. The molecule has 6 aromatic rings. The molecule has 0 saturated heterocycles. The number of hydrogen-bond acceptors (Lipinski definition) is 6. The number of fused-ring (bicyclic) bond motifs is 3. The second kappa shape index (κ2) is 17.3. The van der Waals surface area contributed by atoms with Crippen LogP contribution in [0.4, 0.5) is 0 Å². The van der Waals surface area contributed by atoms with Crippen LogP contribution in [0.3, 0.4) is 0 Å². The van der Waals surface area contributed by atoms with Crippen LogP contribution < -0.4 is 10.1 Å². The summed E-state index contributed by atoms with van der Waals surface area (Å²) in [4.78, 5) is 40.7. The first kappa shape index (κ1) is 36.4. The summed E-state index contributed by atoms with van der Waals surface area (Å²) in [6, 6.07) is 56.1. The minimum absolute atomic E-state index is 0.105. The highest BCUT2D eigenvalue weighted by atomic mass is 32.2. The van der Waals surface area contributed by atoms with Crippen LogP contribution in [0.15, 0.2) is 170 Å². The number of ketones is 1. The molecule has 1 aliphatic rings. The van der Waals surface area contributed by atoms with Crippen molar-refractivity contribution in [2.75, 3.05) is 25.5 Å². The molecule has 1 aliphatic carbocycles. The first-order valence-electron chi connectivity index (χ1n) is 18.1. The van der Waals surface area contributed by atoms with Gasteiger partial charge in [-0.25, -0.2) is 0 Å². The molecule has 1 atom stereocenters. The zero-order valence-corrected chi connectivity index (χ0v) is 30.6. The topological polar surface area (TPSA) is 81.7 Å². The number of carbonyl (C=O) groups excluding carboxylic acids is 3. The van der Waals surface area contributed by atoms with E-state index < -0.39 is 22.5 Å². The summed E-state index contributed by atoms with van der Waals surface area (Å²) in [6.07, 6.45) is -0.155. The van der Waals surface area contributed by atoms with Crippen LogP contribution in [0, 0.1) is 5.92 Å². The number of rotatable bonds is 16. The summed E-state index contributed by atoms with van der Waals surface area (Å²) in [5, 5.41) is 2.81. The van der Waals surface area contributed by atoms with Crippen LogP contribution in [-0.4, -0.2) is 43.2 Å². The average Bonchev–Trinajstić information content (AvgIpc) is 3.56. The Labute approximate surface area is 320 Å². The van der Waals surface area contributed by atoms with E-state index in [-0.39, 0.29) is 43.6 Å². The van der Waals surface area contributed by atoms with E-state index >= 15 is 0 Å². The third-order valence-corrected chi connectivity index (χ3v) is 11.5. The molecule has 54 heavy (non-hydrogen) atoms. The molecule has 7 rings (SSSR count). The molecule has 270 valence electrons. The molecule has 6 aromatic carbocycles. The summed E-state index contributed by atoms with van der Waals surface area (Å²) in [7, 11) is 0. The van der Waals surface area contributed by atoms with Crippen molar-refractivity contribution in [1.82, 2.24) is 5.32 Å². The fourth-order valence-corrected chi connectivity index (χ4v) is 8.79. The molecular weight excluding hydrogens is 691 g/mol. The Hall–Kier alpha value is -5.92. The number of para-hydroxylation sites is 1. The Balaban J connectivity index is 1.13. The minimum Gasteiger partial charge on any atom is -0.486 e. The van der Waals surface area contributed by atoms with Crippen LogP contribution in [-0.2, 0) is 23.9 Å². The third kappa shape index (κ3) is 8.17. The number of amides is 1. The van der Waals surface area contributed by atoms with Crippen molar-refractivity contribution < 1.29 is 23.9 Å². The highest BCUT2D eigenvalue weighted by Gasteiger charge is 2.39. The predicted octanol–water partition coefficient (Wildman–Crippen LogP) is 8.84. The van der Waals surface area contributed by atoms with E-state index in [0.717, 1.165) is 38.9 Å². The fraction of sp³-hybridized carbons (Fsp3) is 0.170. The van der Waals surface area contributed by atoms with Gasteiger partial charge < -0.3 is 14.8 Å². The van der Waals surface area contributed by atoms with Gasteiger partial charge in [-0.15, -0.1) is 11.8 Å². The van der Waals surface area contributed by atoms with Crippen molar-refractivity contribution in [2.24, 2.45) is 5.92 Å². The monoisotopic (exact) mass is 731 g/mol. The van der Waals surface area contributed by atoms with Gasteiger partial charge in [-0.05, 0) is 51.1 Å². The van der Waals surface area contributed by atoms with E-state index in [2.05, 4.69) is 66.0 Å². The van der Waals surface area contributed by atoms with Gasteiger partial charge in [0.15, 0.2) is 5.78 Å². The van der Waals surface area contributed by atoms with Gasteiger partial charge in [0.25, 0.3) is 0 Å². The van der Waals surface area contributed by atoms with E-state index in [9.17, 15) is 14.4 Å². The number of esters is 1. The Bertz CT molecular complexity index is 2030. The Morgan fingerprint density at radius 1 is 0.611 bits per heavy atom. The van der Waals surface area contributed by atoms with Crippen molar-refractivity contribution >= 4 is 29.4 Å². The SMILES string of the molecule is O=C(CNC(=O)[C@H](CSC(c1ccccc1)(c1ccccc1)c1ccccc1)CC(=O)OCC1c2ccccc2-c2ccccc21)COc1ccccc1. The van der Waals surface area contributed by atoms with E-state index in [1.54, 1.807) is 23.9 Å². The predicted molar refractivity (Wildman–Crippen MR) is 214 cm³/mol. The van der Waals surface area contributed by atoms with Crippen molar-refractivity contribution in [2.45, 2.75) is 17.1 Å². The Morgan fingerprint density at radius 2 is 1.07 bits per heavy atom. The van der Waals surface area contributed by atoms with Crippen molar-refractivity contribution in [1.29, 1.82) is 0 Å². The molecule has 0 unspecified atom stereocenters. The number of Topliss-reactive ketones (excluding diaryl/α,β-unsaturated/α-hetero) is 1. The first-order chi connectivity index (χ1) is 26.5. The largest absolute Gasteiger partial charge is 0.486 e. The molecule has 1 N–H and O–H groups in total. The van der Waals surface area contributed by atoms with Gasteiger partial charge in [-0.2, -0.15) is 0 Å². The average molecular weight is 732 g/mol. The van der Waals surface area contributed by atoms with Gasteiger partial charge in [0.05, 0.1) is 23.6 Å². The van der Waals surface area contributed by atoms with E-state index in [1.807, 2.05) is 97.1 Å². The van der Waals surface area contributed by atoms with Crippen molar-refractivity contribution in [3.63, 3.8) is 0 Å². The second-order valence-electron chi connectivity index (χ2n) is 13.3. The van der Waals surface area contributed by atoms with Gasteiger partial charge in [0.1, 0.15) is 19.0 Å². The van der Waals surface area contributed by atoms with Gasteiger partial charge in [-0.3, -0.25) is 14.4 Å². The zero-order valence-electron chi connectivity index (χ0n) is 29.8. The molecule has 0 bridgehead atoms. The number of thioether (sulfide) groups is 1. The molecule has 1 amide bonds. The summed E-state index contributed by atoms with van der Waals surface area (Å²) < 4.78 is 10.9. The smallest absolute Gasteiger partial charge is 0.306 e. The summed E-state index contributed by atoms with van der Waals surface area (Å²) in [6.45, 7) is -0.250. The number of ether oxygens (including phenoxy) is 2. The molecule has 6 nitrogen and oxygen atoms in total. The normalized spacial score (nSPS) is 12.6. The summed E-state index contributed by atoms with van der Waals surface area (Å²) in [5.41, 5.74) is 7.64. The highest BCUT2D eigenvalue weighted by Crippen LogP contribution is 2.49. The summed E-state index contributed by atoms with van der Waals surface area (Å²) >= 11 is 1.60. The Kier molecular flexibility index (Phi) is 11.7. The maximum absolute atomic E-state index is 14.0. The lowest BCUT2D eigenvalue weighted by Gasteiger charge is -2.36. The quantitative estimate of drug-likeness (QED) is 0.0792. The molecule has 0 fully saturated rings. The zero-order chi connectivity index (χ0) is 37.2. The summed E-state index contributed by atoms with van der Waals surface area (Å²) in [5.74, 6) is -1.22. The number of hydrogen-bond donors (Lipinski definition) is 1. The molecule has 0 saturated carbocycles. The molecule has 7 heteroatoms. The molecule has 0 spiro atoms. The molecular formula is C47H41NO5S. The van der Waals surface area contributed by atoms with Crippen LogP contribution in [0.1, 0.15) is 40.2 Å². The van der Waals surface area contributed by atoms with Gasteiger partial charge >= 0.3 is 5.97 Å². The van der Waals surface area contributed by atoms with E-state index in [4.69, 9.17) is 9.47 Å². The lowest BCUT2D eigenvalue weighted by Crippen LogP contribution is -2.39. The maximum Gasteiger partial charge on any atom is 0.306 e. The standard InChI is InChI=1S/C47H41NO5S/c49-38(31-52-39-23-11-4-12-24-39)30-48-46(51)34(29-45(50)53-32-44-42-27-15-13-25-40(42)41-26-14-16-28-43(41)44)33-54-47(35-17-5-1-6-18-35,36-19-7-2-8-20-36)37-21-9-3-10-22-37/h1-28,34,44H,29-33H2,(H,48,51)/t34-/m0/s1. The lowest BCUT2D eigenvalue weighted by molar-refractivity contribution is -0.146. The van der Waals surface area contributed by atoms with Crippen molar-refractivity contribution in [3.05, 3.63) is 198 Å². The van der Waals surface area contributed by atoms with Gasteiger partial charge in [-0.1, -0.05) is 158 Å². The minimum atomic E-state index is -0.802. The van der Waals surface area contributed by atoms with E-state index in [1.165, 1.54) is 0 Å². The highest BCUT2D eigenvalue weighted by molar-refractivity contribution is 8.00. The second-order valence-corrected chi connectivity index (χ2v) is 14.5. The number of carbonyl (C=O) groups is 3. The van der Waals surface area contributed by atoms with Crippen LogP contribution in [0.25, 0.3) is 11.1 Å². The third-order valence-electron chi connectivity index (χ3n) is 9.80. The fourth-order valence-electron chi connectivity index (χ4n) is 7.16. The number of benzene rings is 6. The maximum atomic E-state index is 14.0. The number of nitrogens with one attached hydrogen (secondary N) is 1. The van der Waals surface area contributed by atoms with Crippen LogP contribution in [0.5, 0.6) is 5.75 Å². The van der Waals surface area contributed by atoms with Crippen LogP contribution >= 0.6 is 11.8 Å². The molecule has 0 aliphatic heterocycles. The lowest BCUT2D eigenvalue weighted by atomic mass is 9.84. The van der Waals surface area contributed by atoms with Crippen molar-refractivity contribution in [3.8, 4) is 16.9 Å².